The van der Waals surface area contributed by atoms with E-state index in [2.05, 4.69) is 29.3 Å². The maximum Gasteiger partial charge on any atom is 0.290 e. The molecule has 0 fully saturated rings. The van der Waals surface area contributed by atoms with Crippen LogP contribution in [0.15, 0.2) is 16.7 Å². The number of methoxy groups -OCH3 is 1. The van der Waals surface area contributed by atoms with Crippen LogP contribution in [0.2, 0.25) is 0 Å². The van der Waals surface area contributed by atoms with Crippen LogP contribution in [0.5, 0.6) is 5.88 Å². The number of rotatable bonds is 6. The lowest BCUT2D eigenvalue weighted by Crippen LogP contribution is -2.23. The second-order valence-electron chi connectivity index (χ2n) is 6.03. The minimum atomic E-state index is -0.297. The Kier molecular flexibility index (Phi) is 5.36. The maximum absolute atomic E-state index is 12.2. The molecule has 0 aliphatic rings. The Hall–Kier alpha value is -2.37. The molecule has 1 amide bonds. The second-order valence-corrected chi connectivity index (χ2v) is 6.03. The molecule has 1 N–H and O–H groups in total. The van der Waals surface area contributed by atoms with Gasteiger partial charge in [-0.1, -0.05) is 19.0 Å². The molecule has 0 aromatic carbocycles. The van der Waals surface area contributed by atoms with Crippen LogP contribution < -0.4 is 10.1 Å². The van der Waals surface area contributed by atoms with Crippen molar-refractivity contribution in [3.8, 4) is 5.88 Å². The highest BCUT2D eigenvalue weighted by atomic mass is 16.5. The van der Waals surface area contributed by atoms with E-state index in [4.69, 9.17) is 9.26 Å². The van der Waals surface area contributed by atoms with Crippen molar-refractivity contribution in [1.29, 1.82) is 0 Å². The van der Waals surface area contributed by atoms with Crippen LogP contribution in [0.1, 0.15) is 46.9 Å². The zero-order valence-electron chi connectivity index (χ0n) is 14.3. The third-order valence-corrected chi connectivity index (χ3v) is 3.46. The van der Waals surface area contributed by atoms with Crippen molar-refractivity contribution in [2.45, 2.75) is 40.7 Å². The summed E-state index contributed by atoms with van der Waals surface area (Å²) in [4.78, 5) is 16.5. The molecule has 0 radical (unpaired) electrons. The fraction of sp³-hybridized carbons (Fsp3) is 0.471. The summed E-state index contributed by atoms with van der Waals surface area (Å²) in [7, 11) is 1.57. The molecule has 2 heterocycles. The molecule has 6 nitrogen and oxygen atoms in total. The van der Waals surface area contributed by atoms with Gasteiger partial charge in [0, 0.05) is 23.9 Å². The Morgan fingerprint density at radius 3 is 2.74 bits per heavy atom. The summed E-state index contributed by atoms with van der Waals surface area (Å²) >= 11 is 0. The van der Waals surface area contributed by atoms with Gasteiger partial charge in [0.15, 0.2) is 0 Å². The average molecular weight is 317 g/mol. The van der Waals surface area contributed by atoms with Crippen molar-refractivity contribution < 1.29 is 14.1 Å². The minimum absolute atomic E-state index is 0.220. The van der Waals surface area contributed by atoms with E-state index >= 15 is 0 Å². The van der Waals surface area contributed by atoms with Gasteiger partial charge in [0.25, 0.3) is 5.91 Å². The average Bonchev–Trinajstić information content (AvgIpc) is 2.93. The van der Waals surface area contributed by atoms with E-state index in [0.29, 0.717) is 18.3 Å². The number of aryl methyl sites for hydroxylation is 2. The molecule has 0 saturated heterocycles. The van der Waals surface area contributed by atoms with Crippen molar-refractivity contribution in [2.75, 3.05) is 7.11 Å². The molecule has 0 spiro atoms. The van der Waals surface area contributed by atoms with Gasteiger partial charge in [-0.2, -0.15) is 0 Å². The number of nitrogens with zero attached hydrogens (tertiary/aromatic N) is 2. The Morgan fingerprint density at radius 1 is 1.35 bits per heavy atom. The van der Waals surface area contributed by atoms with Crippen LogP contribution in [0.4, 0.5) is 0 Å². The first kappa shape index (κ1) is 17.0. The molecule has 2 aromatic heterocycles. The highest BCUT2D eigenvalue weighted by Crippen LogP contribution is 2.20. The lowest BCUT2D eigenvalue weighted by Gasteiger charge is -2.12. The van der Waals surface area contributed by atoms with Crippen LogP contribution in [0, 0.1) is 19.8 Å². The summed E-state index contributed by atoms with van der Waals surface area (Å²) in [5.74, 6) is 0.911. The minimum Gasteiger partial charge on any atom is -0.481 e. The highest BCUT2D eigenvalue weighted by molar-refractivity contribution is 5.91. The summed E-state index contributed by atoms with van der Waals surface area (Å²) in [5.41, 5.74) is 3.54. The number of nitrogens with one attached hydrogen (secondary N) is 1. The zero-order valence-corrected chi connectivity index (χ0v) is 14.3. The molecule has 0 aliphatic carbocycles. The molecule has 0 bridgehead atoms. The smallest absolute Gasteiger partial charge is 0.290 e. The van der Waals surface area contributed by atoms with Crippen molar-refractivity contribution in [1.82, 2.24) is 15.5 Å². The van der Waals surface area contributed by atoms with Crippen molar-refractivity contribution >= 4 is 5.91 Å². The molecule has 2 rings (SSSR count). The van der Waals surface area contributed by atoms with E-state index < -0.39 is 0 Å². The van der Waals surface area contributed by atoms with Gasteiger partial charge < -0.3 is 14.6 Å². The largest absolute Gasteiger partial charge is 0.481 e. The number of amides is 1. The fourth-order valence-electron chi connectivity index (χ4n) is 2.40. The number of carbonyl (C=O) groups excluding carboxylic acids is 1. The predicted octanol–water partition coefficient (Wildman–Crippen LogP) is 2.82. The molecule has 0 aliphatic heterocycles. The van der Waals surface area contributed by atoms with Crippen molar-refractivity contribution in [3.05, 3.63) is 40.4 Å². The Bertz CT molecular complexity index is 692. The molecular formula is C17H23N3O3. The number of pyridine rings is 1. The van der Waals surface area contributed by atoms with Crippen molar-refractivity contribution in [2.24, 2.45) is 5.92 Å². The number of aromatic nitrogens is 2. The number of ether oxygens (including phenoxy) is 1. The molecule has 124 valence electrons. The molecule has 0 atom stereocenters. The van der Waals surface area contributed by atoms with E-state index in [1.807, 2.05) is 19.9 Å². The first-order chi connectivity index (χ1) is 10.9. The summed E-state index contributed by atoms with van der Waals surface area (Å²) < 4.78 is 10.4. The van der Waals surface area contributed by atoms with E-state index in [1.54, 1.807) is 13.2 Å². The van der Waals surface area contributed by atoms with Gasteiger partial charge in [0.2, 0.25) is 11.6 Å². The first-order valence-corrected chi connectivity index (χ1v) is 7.65. The molecular weight excluding hydrogens is 294 g/mol. The van der Waals surface area contributed by atoms with Gasteiger partial charge in [0.05, 0.1) is 12.8 Å². The second kappa shape index (κ2) is 7.26. The van der Waals surface area contributed by atoms with E-state index in [9.17, 15) is 4.79 Å². The third kappa shape index (κ3) is 4.31. The predicted molar refractivity (Wildman–Crippen MR) is 86.5 cm³/mol. The van der Waals surface area contributed by atoms with Crippen molar-refractivity contribution in [3.63, 3.8) is 0 Å². The first-order valence-electron chi connectivity index (χ1n) is 7.65. The molecule has 0 unspecified atom stereocenters. The van der Waals surface area contributed by atoms with Crippen LogP contribution in [-0.2, 0) is 13.0 Å². The highest BCUT2D eigenvalue weighted by Gasteiger charge is 2.16. The lowest BCUT2D eigenvalue weighted by atomic mass is 10.1. The quantitative estimate of drug-likeness (QED) is 0.886. The summed E-state index contributed by atoms with van der Waals surface area (Å²) in [5, 5.41) is 6.75. The molecule has 23 heavy (non-hydrogen) atoms. The third-order valence-electron chi connectivity index (χ3n) is 3.46. The van der Waals surface area contributed by atoms with Gasteiger partial charge in [-0.05, 0) is 37.8 Å². The summed E-state index contributed by atoms with van der Waals surface area (Å²) in [6.45, 7) is 8.37. The number of hydrogen-bond acceptors (Lipinski definition) is 5. The van der Waals surface area contributed by atoms with Gasteiger partial charge >= 0.3 is 0 Å². The van der Waals surface area contributed by atoms with Crippen LogP contribution >= 0.6 is 0 Å². The topological polar surface area (TPSA) is 77.2 Å². The Balaban J connectivity index is 2.06. The maximum atomic E-state index is 12.2. The van der Waals surface area contributed by atoms with Gasteiger partial charge in [0.1, 0.15) is 0 Å². The van der Waals surface area contributed by atoms with Gasteiger partial charge in [-0.3, -0.25) is 4.79 Å². The van der Waals surface area contributed by atoms with Crippen LogP contribution in [-0.4, -0.2) is 23.2 Å². The fourth-order valence-corrected chi connectivity index (χ4v) is 2.40. The van der Waals surface area contributed by atoms with Crippen LogP contribution in [0.3, 0.4) is 0 Å². The van der Waals surface area contributed by atoms with Gasteiger partial charge in [-0.25, -0.2) is 4.98 Å². The zero-order chi connectivity index (χ0) is 17.0. The standard InChI is InChI=1S/C17H23N3O3/c1-10(2)6-13-8-15(23-20-13)16(21)18-9-14-11(3)7-12(4)19-17(14)22-5/h7-8,10H,6,9H2,1-5H3,(H,18,21). The normalized spacial score (nSPS) is 10.9. The molecule has 0 saturated carbocycles. The van der Waals surface area contributed by atoms with E-state index in [-0.39, 0.29) is 11.7 Å². The van der Waals surface area contributed by atoms with Crippen LogP contribution in [0.25, 0.3) is 0 Å². The molecule has 2 aromatic rings. The Morgan fingerprint density at radius 2 is 2.09 bits per heavy atom. The molecule has 6 heteroatoms. The lowest BCUT2D eigenvalue weighted by molar-refractivity contribution is 0.0913. The van der Waals surface area contributed by atoms with E-state index in [0.717, 1.165) is 28.9 Å². The van der Waals surface area contributed by atoms with Gasteiger partial charge in [-0.15, -0.1) is 0 Å². The monoisotopic (exact) mass is 317 g/mol. The Labute approximate surface area is 136 Å². The summed E-state index contributed by atoms with van der Waals surface area (Å²) in [6, 6.07) is 3.64. The summed E-state index contributed by atoms with van der Waals surface area (Å²) in [6.07, 6.45) is 0.783. The SMILES string of the molecule is COc1nc(C)cc(C)c1CNC(=O)c1cc(CC(C)C)no1. The number of hydrogen-bond donors (Lipinski definition) is 1. The number of carbonyl (C=O) groups is 1. The van der Waals surface area contributed by atoms with E-state index in [1.165, 1.54) is 0 Å².